The van der Waals surface area contributed by atoms with Gasteiger partial charge in [0.05, 0.1) is 37.2 Å². The van der Waals surface area contributed by atoms with E-state index >= 15 is 0 Å². The van der Waals surface area contributed by atoms with Gasteiger partial charge in [-0.2, -0.15) is 5.10 Å². The van der Waals surface area contributed by atoms with Crippen LogP contribution < -0.4 is 0 Å². The molecule has 0 saturated heterocycles. The highest BCUT2D eigenvalue weighted by Crippen LogP contribution is 2.37. The molecular formula is C23H20Cl2N4O3S2. The van der Waals surface area contributed by atoms with Crippen molar-refractivity contribution in [2.75, 3.05) is 0 Å². The van der Waals surface area contributed by atoms with Crippen LogP contribution in [0.5, 0.6) is 0 Å². The molecule has 0 aliphatic carbocycles. The molecule has 4 rings (SSSR count). The zero-order valence-electron chi connectivity index (χ0n) is 18.5. The summed E-state index contributed by atoms with van der Waals surface area (Å²) in [5, 5.41) is 17.2. The number of nitro groups is 1. The SMILES string of the molecule is Cc1nn(-c2nc(-c3ccc(Cl)c(Cl)c3)c(S(=O)C(C)C)s2)cc1Cc1ccccc1[N+](=O)[O-]. The molecule has 4 aromatic rings. The number of halogens is 2. The number of hydrogen-bond acceptors (Lipinski definition) is 6. The summed E-state index contributed by atoms with van der Waals surface area (Å²) in [6.45, 7) is 5.62. The van der Waals surface area contributed by atoms with E-state index in [4.69, 9.17) is 28.2 Å². The standard InChI is InChI=1S/C23H20Cl2N4O3S2/c1-13(2)34(32)22-21(16-8-9-18(24)19(25)11-16)26-23(33-22)28-12-17(14(3)27-28)10-15-6-4-5-7-20(15)29(30)31/h4-9,11-13H,10H2,1-3H3. The van der Waals surface area contributed by atoms with Gasteiger partial charge in [-0.05, 0) is 24.6 Å². The molecule has 0 N–H and O–H groups in total. The van der Waals surface area contributed by atoms with Gasteiger partial charge in [0.2, 0.25) is 5.13 Å². The first-order valence-electron chi connectivity index (χ1n) is 10.3. The topological polar surface area (TPSA) is 90.9 Å². The first-order valence-corrected chi connectivity index (χ1v) is 13.1. The van der Waals surface area contributed by atoms with Gasteiger partial charge in [-0.15, -0.1) is 0 Å². The number of rotatable bonds is 7. The van der Waals surface area contributed by atoms with Crippen LogP contribution >= 0.6 is 34.5 Å². The molecule has 0 amide bonds. The number of hydrogen-bond donors (Lipinski definition) is 0. The fourth-order valence-electron chi connectivity index (χ4n) is 3.38. The summed E-state index contributed by atoms with van der Waals surface area (Å²) in [6, 6.07) is 11.8. The Labute approximate surface area is 213 Å². The van der Waals surface area contributed by atoms with Crippen molar-refractivity contribution in [2.24, 2.45) is 0 Å². The van der Waals surface area contributed by atoms with E-state index < -0.39 is 10.8 Å². The van der Waals surface area contributed by atoms with E-state index in [-0.39, 0.29) is 15.9 Å². The Kier molecular flexibility index (Phi) is 7.18. The van der Waals surface area contributed by atoms with Gasteiger partial charge in [-0.25, -0.2) is 9.67 Å². The third-order valence-corrected chi connectivity index (χ3v) is 8.89. The number of benzene rings is 2. The van der Waals surface area contributed by atoms with Gasteiger partial charge in [-0.3, -0.25) is 14.3 Å². The average Bonchev–Trinajstić information content (AvgIpc) is 3.39. The van der Waals surface area contributed by atoms with E-state index in [9.17, 15) is 14.3 Å². The molecule has 176 valence electrons. The van der Waals surface area contributed by atoms with Crippen LogP contribution in [0.3, 0.4) is 0 Å². The molecule has 0 spiro atoms. The second kappa shape index (κ2) is 9.95. The molecule has 7 nitrogen and oxygen atoms in total. The number of nitrogens with zero attached hydrogens (tertiary/aromatic N) is 4. The maximum Gasteiger partial charge on any atom is 0.272 e. The van der Waals surface area contributed by atoms with Crippen LogP contribution in [0.4, 0.5) is 5.69 Å². The predicted molar refractivity (Wildman–Crippen MR) is 137 cm³/mol. The summed E-state index contributed by atoms with van der Waals surface area (Å²) in [7, 11) is -1.29. The van der Waals surface area contributed by atoms with Crippen molar-refractivity contribution in [1.82, 2.24) is 14.8 Å². The molecule has 2 aromatic heterocycles. The number of para-hydroxylation sites is 1. The summed E-state index contributed by atoms with van der Waals surface area (Å²) in [6.07, 6.45) is 2.17. The van der Waals surface area contributed by atoms with E-state index in [1.54, 1.807) is 41.1 Å². The van der Waals surface area contributed by atoms with Crippen molar-refractivity contribution in [2.45, 2.75) is 36.7 Å². The fourth-order valence-corrected chi connectivity index (χ4v) is 6.34. The zero-order valence-corrected chi connectivity index (χ0v) is 21.6. The summed E-state index contributed by atoms with van der Waals surface area (Å²) in [5.74, 6) is 0. The predicted octanol–water partition coefficient (Wildman–Crippen LogP) is 6.63. The van der Waals surface area contributed by atoms with Gasteiger partial charge in [0.25, 0.3) is 5.69 Å². The summed E-state index contributed by atoms with van der Waals surface area (Å²) in [5.41, 5.74) is 3.53. The van der Waals surface area contributed by atoms with Crippen LogP contribution in [0.15, 0.2) is 52.9 Å². The molecule has 1 atom stereocenters. The van der Waals surface area contributed by atoms with E-state index in [0.29, 0.717) is 42.6 Å². The van der Waals surface area contributed by atoms with Gasteiger partial charge < -0.3 is 0 Å². The number of thiazole rings is 1. The van der Waals surface area contributed by atoms with E-state index in [2.05, 4.69) is 5.10 Å². The highest BCUT2D eigenvalue weighted by atomic mass is 35.5. The van der Waals surface area contributed by atoms with Crippen molar-refractivity contribution in [3.8, 4) is 16.4 Å². The Balaban J connectivity index is 1.76. The van der Waals surface area contributed by atoms with Crippen LogP contribution in [-0.4, -0.2) is 29.1 Å². The summed E-state index contributed by atoms with van der Waals surface area (Å²) >= 11 is 13.6. The smallest absolute Gasteiger partial charge is 0.258 e. The Morgan fingerprint density at radius 3 is 2.56 bits per heavy atom. The molecule has 0 aliphatic rings. The Hall–Kier alpha value is -2.59. The first kappa shape index (κ1) is 24.5. The lowest BCUT2D eigenvalue weighted by Gasteiger charge is -2.06. The van der Waals surface area contributed by atoms with Gasteiger partial charge in [-0.1, -0.05) is 72.7 Å². The molecule has 2 heterocycles. The quantitative estimate of drug-likeness (QED) is 0.196. The summed E-state index contributed by atoms with van der Waals surface area (Å²) < 4.78 is 15.3. The number of aromatic nitrogens is 3. The molecule has 0 aliphatic heterocycles. The van der Waals surface area contributed by atoms with Crippen LogP contribution in [0.25, 0.3) is 16.4 Å². The van der Waals surface area contributed by atoms with E-state index in [1.807, 2.05) is 27.0 Å². The highest BCUT2D eigenvalue weighted by molar-refractivity contribution is 7.88. The lowest BCUT2D eigenvalue weighted by Crippen LogP contribution is -2.05. The lowest BCUT2D eigenvalue weighted by atomic mass is 10.0. The minimum absolute atomic E-state index is 0.0698. The molecule has 34 heavy (non-hydrogen) atoms. The minimum atomic E-state index is -1.29. The van der Waals surface area contributed by atoms with E-state index in [1.165, 1.54) is 17.4 Å². The highest BCUT2D eigenvalue weighted by Gasteiger charge is 2.23. The minimum Gasteiger partial charge on any atom is -0.258 e. The molecule has 1 unspecified atom stereocenters. The second-order valence-electron chi connectivity index (χ2n) is 7.85. The van der Waals surface area contributed by atoms with Crippen molar-refractivity contribution in [1.29, 1.82) is 0 Å². The van der Waals surface area contributed by atoms with Crippen molar-refractivity contribution in [3.63, 3.8) is 0 Å². The first-order chi connectivity index (χ1) is 16.2. The van der Waals surface area contributed by atoms with Crippen molar-refractivity contribution in [3.05, 3.63) is 85.6 Å². The molecule has 0 bridgehead atoms. The molecule has 2 aromatic carbocycles. The average molecular weight is 535 g/mol. The van der Waals surface area contributed by atoms with Gasteiger partial charge in [0.1, 0.15) is 4.21 Å². The van der Waals surface area contributed by atoms with Crippen LogP contribution in [0.1, 0.15) is 30.7 Å². The normalized spacial score (nSPS) is 12.3. The number of aryl methyl sites for hydroxylation is 1. The Morgan fingerprint density at radius 2 is 1.88 bits per heavy atom. The van der Waals surface area contributed by atoms with Crippen LogP contribution in [0, 0.1) is 17.0 Å². The Bertz CT molecular complexity index is 1420. The maximum absolute atomic E-state index is 13.1. The van der Waals surface area contributed by atoms with Crippen molar-refractivity contribution >= 4 is 51.0 Å². The zero-order chi connectivity index (χ0) is 24.6. The largest absolute Gasteiger partial charge is 0.272 e. The molecule has 0 radical (unpaired) electrons. The fraction of sp³-hybridized carbons (Fsp3) is 0.217. The van der Waals surface area contributed by atoms with Crippen LogP contribution in [-0.2, 0) is 17.2 Å². The molecule has 11 heteroatoms. The van der Waals surface area contributed by atoms with Gasteiger partial charge in [0, 0.05) is 35.1 Å². The third-order valence-electron chi connectivity index (χ3n) is 5.15. The van der Waals surface area contributed by atoms with Crippen molar-refractivity contribution < 1.29 is 9.13 Å². The van der Waals surface area contributed by atoms with E-state index in [0.717, 1.165) is 11.3 Å². The molecule has 0 saturated carbocycles. The lowest BCUT2D eigenvalue weighted by molar-refractivity contribution is -0.385. The van der Waals surface area contributed by atoms with Crippen LogP contribution in [0.2, 0.25) is 10.0 Å². The van der Waals surface area contributed by atoms with Gasteiger partial charge in [0.15, 0.2) is 0 Å². The molecular weight excluding hydrogens is 515 g/mol. The third kappa shape index (κ3) is 4.93. The second-order valence-corrected chi connectivity index (χ2v) is 11.9. The monoisotopic (exact) mass is 534 g/mol. The summed E-state index contributed by atoms with van der Waals surface area (Å²) in [4.78, 5) is 15.8. The molecule has 0 fully saturated rings. The maximum atomic E-state index is 13.1. The Morgan fingerprint density at radius 1 is 1.15 bits per heavy atom. The van der Waals surface area contributed by atoms with Gasteiger partial charge >= 0.3 is 0 Å². The number of nitro benzene ring substituents is 1.